The van der Waals surface area contributed by atoms with Crippen LogP contribution in [0.25, 0.3) is 0 Å². The summed E-state index contributed by atoms with van der Waals surface area (Å²) in [6.07, 6.45) is -9.47. The minimum Gasteiger partial charge on any atom is -0.394 e. The molecule has 0 rings (SSSR count). The summed E-state index contributed by atoms with van der Waals surface area (Å²) in [6.45, 7) is -1.71. The molecule has 0 fully saturated rings. The van der Waals surface area contributed by atoms with Gasteiger partial charge in [0.25, 0.3) is 0 Å². The van der Waals surface area contributed by atoms with Crippen LogP contribution in [0.3, 0.4) is 0 Å². The van der Waals surface area contributed by atoms with Gasteiger partial charge in [-0.15, -0.1) is 6.58 Å². The second kappa shape index (κ2) is 15.9. The topological polar surface area (TPSA) is 116 Å². The Labute approximate surface area is 165 Å². The first-order chi connectivity index (χ1) is 13.6. The molecule has 2 atom stereocenters. The highest BCUT2D eigenvalue weighted by atomic mass is 19.3. The van der Waals surface area contributed by atoms with E-state index in [4.69, 9.17) is 14.6 Å². The van der Waals surface area contributed by atoms with E-state index >= 15 is 0 Å². The summed E-state index contributed by atoms with van der Waals surface area (Å²) < 4.78 is 79.9. The SMILES string of the molecule is C=CCOCC(O)COCC(O)COCC(F)(F)OC(F)(F)COCOCCO. The van der Waals surface area contributed by atoms with Gasteiger partial charge in [0.1, 0.15) is 32.2 Å². The van der Waals surface area contributed by atoms with Gasteiger partial charge >= 0.3 is 12.2 Å². The number of alkyl halides is 4. The van der Waals surface area contributed by atoms with Crippen LogP contribution in [0.15, 0.2) is 12.7 Å². The van der Waals surface area contributed by atoms with Gasteiger partial charge in [0.15, 0.2) is 0 Å². The van der Waals surface area contributed by atoms with Crippen molar-refractivity contribution in [1.82, 2.24) is 0 Å². The number of hydrogen-bond donors (Lipinski definition) is 3. The Morgan fingerprint density at radius 1 is 0.793 bits per heavy atom. The normalized spacial score (nSPS) is 14.7. The molecule has 0 aromatic rings. The maximum atomic E-state index is 13.4. The molecule has 0 aliphatic heterocycles. The van der Waals surface area contributed by atoms with Gasteiger partial charge in [-0.05, 0) is 0 Å². The zero-order chi connectivity index (χ0) is 22.2. The Morgan fingerprint density at radius 2 is 1.31 bits per heavy atom. The molecule has 29 heavy (non-hydrogen) atoms. The van der Waals surface area contributed by atoms with Crippen LogP contribution >= 0.6 is 0 Å². The van der Waals surface area contributed by atoms with Gasteiger partial charge in [-0.25, -0.2) is 0 Å². The lowest BCUT2D eigenvalue weighted by molar-refractivity contribution is -0.396. The van der Waals surface area contributed by atoms with Crippen molar-refractivity contribution in [2.45, 2.75) is 24.4 Å². The molecule has 9 nitrogen and oxygen atoms in total. The Morgan fingerprint density at radius 3 is 1.86 bits per heavy atom. The van der Waals surface area contributed by atoms with Gasteiger partial charge in [-0.1, -0.05) is 6.08 Å². The van der Waals surface area contributed by atoms with Crippen LogP contribution < -0.4 is 0 Å². The fourth-order valence-corrected chi connectivity index (χ4v) is 1.66. The highest BCUT2D eigenvalue weighted by molar-refractivity contribution is 4.65. The van der Waals surface area contributed by atoms with Gasteiger partial charge in [0.2, 0.25) is 0 Å². The highest BCUT2D eigenvalue weighted by Gasteiger charge is 2.44. The van der Waals surface area contributed by atoms with E-state index in [-0.39, 0.29) is 39.6 Å². The summed E-state index contributed by atoms with van der Waals surface area (Å²) in [4.78, 5) is 0. The number of hydrogen-bond acceptors (Lipinski definition) is 9. The maximum Gasteiger partial charge on any atom is 0.383 e. The number of halogens is 4. The second-order valence-corrected chi connectivity index (χ2v) is 5.66. The van der Waals surface area contributed by atoms with Crippen LogP contribution in [0, 0.1) is 0 Å². The molecule has 0 radical (unpaired) electrons. The highest BCUT2D eigenvalue weighted by Crippen LogP contribution is 2.27. The van der Waals surface area contributed by atoms with E-state index in [2.05, 4.69) is 25.5 Å². The van der Waals surface area contributed by atoms with Crippen LogP contribution in [-0.4, -0.2) is 106 Å². The van der Waals surface area contributed by atoms with Crippen molar-refractivity contribution in [2.75, 3.05) is 66.3 Å². The van der Waals surface area contributed by atoms with Crippen molar-refractivity contribution in [1.29, 1.82) is 0 Å². The predicted molar refractivity (Wildman–Crippen MR) is 89.5 cm³/mol. The van der Waals surface area contributed by atoms with Gasteiger partial charge < -0.3 is 39.0 Å². The minimum atomic E-state index is -4.35. The van der Waals surface area contributed by atoms with Crippen molar-refractivity contribution in [2.24, 2.45) is 0 Å². The lowest BCUT2D eigenvalue weighted by Gasteiger charge is -2.24. The van der Waals surface area contributed by atoms with Gasteiger partial charge in [0.05, 0.1) is 46.2 Å². The average molecular weight is 440 g/mol. The van der Waals surface area contributed by atoms with E-state index in [0.29, 0.717) is 0 Å². The van der Waals surface area contributed by atoms with E-state index in [1.165, 1.54) is 6.08 Å². The van der Waals surface area contributed by atoms with Crippen LogP contribution in [0.1, 0.15) is 0 Å². The quantitative estimate of drug-likeness (QED) is 0.105. The lowest BCUT2D eigenvalue weighted by atomic mass is 10.4. The molecule has 0 heterocycles. The summed E-state index contributed by atoms with van der Waals surface area (Å²) in [7, 11) is 0. The average Bonchev–Trinajstić information content (AvgIpc) is 2.60. The Hall–Kier alpha value is -0.900. The zero-order valence-corrected chi connectivity index (χ0v) is 15.8. The third-order valence-corrected chi connectivity index (χ3v) is 2.72. The molecule has 0 bridgehead atoms. The summed E-state index contributed by atoms with van der Waals surface area (Å²) in [5, 5.41) is 27.4. The van der Waals surface area contributed by atoms with Crippen molar-refractivity contribution in [3.05, 3.63) is 12.7 Å². The van der Waals surface area contributed by atoms with E-state index in [0.717, 1.165) is 0 Å². The number of aliphatic hydroxyl groups excluding tert-OH is 3. The molecular weight excluding hydrogens is 412 g/mol. The molecular formula is C16H28F4O9. The molecule has 0 aromatic heterocycles. The van der Waals surface area contributed by atoms with Gasteiger partial charge in [0, 0.05) is 0 Å². The largest absolute Gasteiger partial charge is 0.394 e. The molecule has 13 heteroatoms. The third kappa shape index (κ3) is 17.7. The van der Waals surface area contributed by atoms with E-state index < -0.39 is 51.0 Å². The smallest absolute Gasteiger partial charge is 0.383 e. The summed E-state index contributed by atoms with van der Waals surface area (Å²) in [6, 6.07) is 0. The third-order valence-electron chi connectivity index (χ3n) is 2.72. The Kier molecular flexibility index (Phi) is 15.4. The van der Waals surface area contributed by atoms with Crippen LogP contribution in [-0.2, 0) is 28.4 Å². The fraction of sp³-hybridized carbons (Fsp3) is 0.875. The molecule has 0 aliphatic carbocycles. The molecule has 3 N–H and O–H groups in total. The first-order valence-corrected chi connectivity index (χ1v) is 8.54. The van der Waals surface area contributed by atoms with Gasteiger partial charge in [-0.3, -0.25) is 4.74 Å². The first kappa shape index (κ1) is 28.1. The Bertz CT molecular complexity index is 416. The summed E-state index contributed by atoms with van der Waals surface area (Å²) in [5.41, 5.74) is 0. The summed E-state index contributed by atoms with van der Waals surface area (Å²) >= 11 is 0. The fourth-order valence-electron chi connectivity index (χ4n) is 1.66. The van der Waals surface area contributed by atoms with E-state index in [1.807, 2.05) is 0 Å². The molecule has 0 saturated carbocycles. The molecule has 2 unspecified atom stereocenters. The summed E-state index contributed by atoms with van der Waals surface area (Å²) in [5.74, 6) is 0. The number of rotatable bonds is 20. The van der Waals surface area contributed by atoms with Crippen molar-refractivity contribution >= 4 is 0 Å². The van der Waals surface area contributed by atoms with Gasteiger partial charge in [-0.2, -0.15) is 17.6 Å². The zero-order valence-electron chi connectivity index (χ0n) is 15.8. The number of aliphatic hydroxyl groups is 3. The van der Waals surface area contributed by atoms with Crippen molar-refractivity contribution in [3.63, 3.8) is 0 Å². The monoisotopic (exact) mass is 440 g/mol. The van der Waals surface area contributed by atoms with E-state index in [1.54, 1.807) is 0 Å². The molecule has 0 spiro atoms. The molecule has 0 amide bonds. The van der Waals surface area contributed by atoms with Crippen molar-refractivity contribution in [3.8, 4) is 0 Å². The van der Waals surface area contributed by atoms with E-state index in [9.17, 15) is 27.8 Å². The van der Waals surface area contributed by atoms with Crippen LogP contribution in [0.5, 0.6) is 0 Å². The predicted octanol–water partition coefficient (Wildman–Crippen LogP) is 0.129. The van der Waals surface area contributed by atoms with Crippen LogP contribution in [0.2, 0.25) is 0 Å². The Balaban J connectivity index is 3.94. The first-order valence-electron chi connectivity index (χ1n) is 8.54. The minimum absolute atomic E-state index is 0.0202. The molecule has 0 saturated heterocycles. The van der Waals surface area contributed by atoms with Crippen LogP contribution in [0.4, 0.5) is 17.6 Å². The second-order valence-electron chi connectivity index (χ2n) is 5.66. The molecule has 0 aliphatic rings. The standard InChI is InChI=1S/C16H28F4O9/c1-2-4-24-6-13(22)7-26-8-14(23)9-27-10-15(17,18)29-16(19,20)11-28-12-25-5-3-21/h2,13-14,21-23H,1,3-12H2. The van der Waals surface area contributed by atoms with Crippen molar-refractivity contribution < 1.29 is 61.3 Å². The maximum absolute atomic E-state index is 13.4. The molecule has 0 aromatic carbocycles. The number of ether oxygens (including phenoxy) is 6. The molecule has 174 valence electrons. The lowest BCUT2D eigenvalue weighted by Crippen LogP contribution is -2.40.